The monoisotopic (exact) mass is 290 g/mol. The summed E-state index contributed by atoms with van der Waals surface area (Å²) in [6, 6.07) is 6.72. The van der Waals surface area contributed by atoms with Gasteiger partial charge in [-0.05, 0) is 18.6 Å². The van der Waals surface area contributed by atoms with E-state index in [0.717, 1.165) is 0 Å². The normalized spacial score (nSPS) is 13.5. The van der Waals surface area contributed by atoms with Gasteiger partial charge in [-0.2, -0.15) is 0 Å². The number of aliphatic hydroxyl groups is 1. The number of carbonyl (C=O) groups excluding carboxylic acids is 3. The number of amides is 3. The Labute approximate surface area is 123 Å². The molecule has 0 spiro atoms. The van der Waals surface area contributed by atoms with Gasteiger partial charge in [0.2, 0.25) is 5.91 Å². The molecule has 6 heteroatoms. The molecule has 1 aliphatic heterocycles. The van der Waals surface area contributed by atoms with Crippen LogP contribution >= 0.6 is 0 Å². The van der Waals surface area contributed by atoms with Crippen molar-refractivity contribution in [2.45, 2.75) is 12.8 Å². The van der Waals surface area contributed by atoms with Gasteiger partial charge in [0, 0.05) is 26.6 Å². The molecule has 0 aromatic heterocycles. The summed E-state index contributed by atoms with van der Waals surface area (Å²) in [7, 11) is 1.61. The van der Waals surface area contributed by atoms with Gasteiger partial charge >= 0.3 is 0 Å². The SMILES string of the molecule is CN(CCO)C(=O)CCCN1C(=O)c2ccccc2C1=O. The average molecular weight is 290 g/mol. The number of carbonyl (C=O) groups is 3. The quantitative estimate of drug-likeness (QED) is 0.775. The predicted octanol–water partition coefficient (Wildman–Crippen LogP) is 0.513. The first kappa shape index (κ1) is 15.2. The van der Waals surface area contributed by atoms with E-state index >= 15 is 0 Å². The molecular weight excluding hydrogens is 272 g/mol. The maximum atomic E-state index is 12.1. The van der Waals surface area contributed by atoms with E-state index in [9.17, 15) is 14.4 Å². The van der Waals surface area contributed by atoms with Gasteiger partial charge in [-0.25, -0.2) is 0 Å². The van der Waals surface area contributed by atoms with E-state index in [2.05, 4.69) is 0 Å². The number of nitrogens with zero attached hydrogens (tertiary/aromatic N) is 2. The maximum absolute atomic E-state index is 12.1. The zero-order valence-corrected chi connectivity index (χ0v) is 11.9. The van der Waals surface area contributed by atoms with Crippen LogP contribution in [0.1, 0.15) is 33.6 Å². The molecule has 2 rings (SSSR count). The number of benzene rings is 1. The topological polar surface area (TPSA) is 77.9 Å². The van der Waals surface area contributed by atoms with Crippen LogP contribution in [0.5, 0.6) is 0 Å². The molecule has 0 saturated heterocycles. The molecule has 0 radical (unpaired) electrons. The molecule has 0 unspecified atom stereocenters. The van der Waals surface area contributed by atoms with Crippen molar-refractivity contribution in [3.63, 3.8) is 0 Å². The highest BCUT2D eigenvalue weighted by Crippen LogP contribution is 2.22. The van der Waals surface area contributed by atoms with Gasteiger partial charge in [-0.15, -0.1) is 0 Å². The van der Waals surface area contributed by atoms with E-state index in [1.165, 1.54) is 9.80 Å². The highest BCUT2D eigenvalue weighted by Gasteiger charge is 2.34. The number of hydrogen-bond acceptors (Lipinski definition) is 4. The highest BCUT2D eigenvalue weighted by atomic mass is 16.3. The summed E-state index contributed by atoms with van der Waals surface area (Å²) in [6.45, 7) is 0.428. The summed E-state index contributed by atoms with van der Waals surface area (Å²) < 4.78 is 0. The zero-order valence-electron chi connectivity index (χ0n) is 11.9. The molecule has 0 aliphatic carbocycles. The van der Waals surface area contributed by atoms with Gasteiger partial charge in [0.15, 0.2) is 0 Å². The third kappa shape index (κ3) is 3.11. The predicted molar refractivity (Wildman–Crippen MR) is 75.8 cm³/mol. The van der Waals surface area contributed by atoms with E-state index in [1.807, 2.05) is 0 Å². The molecular formula is C15H18N2O4. The molecule has 1 heterocycles. The number of likely N-dealkylation sites (N-methyl/N-ethyl adjacent to an activating group) is 1. The van der Waals surface area contributed by atoms with Gasteiger partial charge in [0.05, 0.1) is 17.7 Å². The molecule has 112 valence electrons. The Bertz CT molecular complexity index is 536. The van der Waals surface area contributed by atoms with Crippen LogP contribution in [0.15, 0.2) is 24.3 Å². The van der Waals surface area contributed by atoms with Crippen LogP contribution in [0.4, 0.5) is 0 Å². The Morgan fingerprint density at radius 3 is 2.29 bits per heavy atom. The van der Waals surface area contributed by atoms with Crippen molar-refractivity contribution in [2.75, 3.05) is 26.7 Å². The van der Waals surface area contributed by atoms with Crippen molar-refractivity contribution in [1.82, 2.24) is 9.80 Å². The minimum atomic E-state index is -0.299. The van der Waals surface area contributed by atoms with Gasteiger partial charge in [0.25, 0.3) is 11.8 Å². The first-order chi connectivity index (χ1) is 10.1. The minimum Gasteiger partial charge on any atom is -0.395 e. The Balaban J connectivity index is 1.90. The van der Waals surface area contributed by atoms with Gasteiger partial charge in [-0.3, -0.25) is 19.3 Å². The molecule has 6 nitrogen and oxygen atoms in total. The smallest absolute Gasteiger partial charge is 0.261 e. The van der Waals surface area contributed by atoms with Gasteiger partial charge in [0.1, 0.15) is 0 Å². The molecule has 1 aliphatic rings. The second-order valence-corrected chi connectivity index (χ2v) is 4.95. The molecule has 1 aromatic carbocycles. The largest absolute Gasteiger partial charge is 0.395 e. The van der Waals surface area contributed by atoms with Crippen molar-refractivity contribution in [2.24, 2.45) is 0 Å². The van der Waals surface area contributed by atoms with E-state index in [0.29, 0.717) is 17.5 Å². The third-order valence-electron chi connectivity index (χ3n) is 3.51. The van der Waals surface area contributed by atoms with E-state index < -0.39 is 0 Å². The summed E-state index contributed by atoms with van der Waals surface area (Å²) in [4.78, 5) is 38.5. The highest BCUT2D eigenvalue weighted by molar-refractivity contribution is 6.21. The van der Waals surface area contributed by atoms with Crippen molar-refractivity contribution in [3.05, 3.63) is 35.4 Å². The number of imide groups is 1. The lowest BCUT2D eigenvalue weighted by molar-refractivity contribution is -0.130. The van der Waals surface area contributed by atoms with E-state index in [1.54, 1.807) is 31.3 Å². The Morgan fingerprint density at radius 2 is 1.76 bits per heavy atom. The molecule has 0 atom stereocenters. The molecule has 0 fully saturated rings. The first-order valence-corrected chi connectivity index (χ1v) is 6.86. The lowest BCUT2D eigenvalue weighted by Crippen LogP contribution is -2.33. The number of aliphatic hydroxyl groups excluding tert-OH is 1. The summed E-state index contributed by atoms with van der Waals surface area (Å²) in [5.41, 5.74) is 0.845. The zero-order chi connectivity index (χ0) is 15.4. The molecule has 0 bridgehead atoms. The third-order valence-corrected chi connectivity index (χ3v) is 3.51. The number of rotatable bonds is 6. The van der Waals surface area contributed by atoms with E-state index in [4.69, 9.17) is 5.11 Å². The molecule has 3 amide bonds. The average Bonchev–Trinajstić information content (AvgIpc) is 2.73. The molecule has 0 saturated carbocycles. The van der Waals surface area contributed by atoms with Crippen molar-refractivity contribution < 1.29 is 19.5 Å². The maximum Gasteiger partial charge on any atom is 0.261 e. The fraction of sp³-hybridized carbons (Fsp3) is 0.400. The summed E-state index contributed by atoms with van der Waals surface area (Å²) >= 11 is 0. The van der Waals surface area contributed by atoms with Crippen LogP contribution in [-0.2, 0) is 4.79 Å². The summed E-state index contributed by atoms with van der Waals surface area (Å²) in [5, 5.41) is 8.76. The fourth-order valence-corrected chi connectivity index (χ4v) is 2.30. The number of fused-ring (bicyclic) bond motifs is 1. The summed E-state index contributed by atoms with van der Waals surface area (Å²) in [5.74, 6) is -0.709. The van der Waals surface area contributed by atoms with Crippen LogP contribution in [0.2, 0.25) is 0 Å². The van der Waals surface area contributed by atoms with Crippen molar-refractivity contribution in [1.29, 1.82) is 0 Å². The fourth-order valence-electron chi connectivity index (χ4n) is 2.30. The Kier molecular flexibility index (Phi) is 4.70. The number of hydrogen-bond donors (Lipinski definition) is 1. The van der Waals surface area contributed by atoms with Crippen molar-refractivity contribution in [3.8, 4) is 0 Å². The second-order valence-electron chi connectivity index (χ2n) is 4.95. The van der Waals surface area contributed by atoms with Gasteiger partial charge < -0.3 is 10.0 Å². The molecule has 1 N–H and O–H groups in total. The van der Waals surface area contributed by atoms with Crippen LogP contribution < -0.4 is 0 Å². The standard InChI is InChI=1S/C15H18N2O4/c1-16(9-10-18)13(19)7-4-8-17-14(20)11-5-2-3-6-12(11)15(17)21/h2-3,5-6,18H,4,7-10H2,1H3. The van der Waals surface area contributed by atoms with Crippen LogP contribution in [0.3, 0.4) is 0 Å². The lowest BCUT2D eigenvalue weighted by atomic mass is 10.1. The second kappa shape index (κ2) is 6.49. The lowest BCUT2D eigenvalue weighted by Gasteiger charge is -2.17. The van der Waals surface area contributed by atoms with E-state index in [-0.39, 0.29) is 43.8 Å². The van der Waals surface area contributed by atoms with Crippen molar-refractivity contribution >= 4 is 17.7 Å². The molecule has 1 aromatic rings. The van der Waals surface area contributed by atoms with Crippen LogP contribution in [0.25, 0.3) is 0 Å². The Hall–Kier alpha value is -2.21. The van der Waals surface area contributed by atoms with Gasteiger partial charge in [-0.1, -0.05) is 12.1 Å². The van der Waals surface area contributed by atoms with Crippen LogP contribution in [0, 0.1) is 0 Å². The Morgan fingerprint density at radius 1 is 1.19 bits per heavy atom. The minimum absolute atomic E-state index is 0.0827. The molecule has 21 heavy (non-hydrogen) atoms. The summed E-state index contributed by atoms with van der Waals surface area (Å²) in [6.07, 6.45) is 0.657. The van der Waals surface area contributed by atoms with Crippen LogP contribution in [-0.4, -0.2) is 59.4 Å². The first-order valence-electron chi connectivity index (χ1n) is 6.86.